The number of likely N-dealkylation sites (tertiary alicyclic amines) is 1. The van der Waals surface area contributed by atoms with Crippen molar-refractivity contribution >= 4 is 23.4 Å². The van der Waals surface area contributed by atoms with Gasteiger partial charge >= 0.3 is 0 Å². The smallest absolute Gasteiger partial charge is 0.269 e. The molecule has 10 nitrogen and oxygen atoms in total. The van der Waals surface area contributed by atoms with E-state index < -0.39 is 4.92 Å². The quantitative estimate of drug-likeness (QED) is 0.325. The van der Waals surface area contributed by atoms with Gasteiger partial charge in [0.15, 0.2) is 0 Å². The summed E-state index contributed by atoms with van der Waals surface area (Å²) in [4.78, 5) is 54.1. The molecule has 190 valence electrons. The van der Waals surface area contributed by atoms with E-state index in [0.717, 1.165) is 45.1 Å². The number of carbonyl (C=O) groups excluding carboxylic acids is 3. The van der Waals surface area contributed by atoms with Crippen LogP contribution in [0.2, 0.25) is 0 Å². The number of amides is 3. The number of rotatable bonds is 9. The minimum absolute atomic E-state index is 0.0381. The number of piperazine rings is 1. The molecule has 1 aromatic carbocycles. The van der Waals surface area contributed by atoms with E-state index in [0.29, 0.717) is 57.2 Å². The zero-order valence-corrected chi connectivity index (χ0v) is 20.2. The molecule has 35 heavy (non-hydrogen) atoms. The standard InChI is InChI=1S/C25H35N5O5/c31-22-7-3-13-27(22)14-4-12-26-24(32)23(19-5-1-2-6-19)28-15-17-29(18-16-28)25(33)20-8-10-21(11-9-20)30(34)35/h8-11,19,23H,1-7,12-18H2,(H,26,32)/t23-/m1/s1. The number of nitro benzene ring substituents is 1. The van der Waals surface area contributed by atoms with Crippen LogP contribution in [-0.4, -0.2) is 89.2 Å². The number of benzene rings is 1. The first-order valence-electron chi connectivity index (χ1n) is 12.8. The van der Waals surface area contributed by atoms with Gasteiger partial charge in [-0.25, -0.2) is 0 Å². The fraction of sp³-hybridized carbons (Fsp3) is 0.640. The third-order valence-electron chi connectivity index (χ3n) is 7.51. The molecule has 3 fully saturated rings. The Balaban J connectivity index is 1.30. The van der Waals surface area contributed by atoms with Crippen molar-refractivity contribution in [1.29, 1.82) is 0 Å². The van der Waals surface area contributed by atoms with Gasteiger partial charge in [-0.2, -0.15) is 0 Å². The maximum Gasteiger partial charge on any atom is 0.269 e. The second-order valence-corrected chi connectivity index (χ2v) is 9.75. The topological polar surface area (TPSA) is 116 Å². The molecule has 0 bridgehead atoms. The summed E-state index contributed by atoms with van der Waals surface area (Å²) in [6.45, 7) is 4.35. The molecule has 3 aliphatic rings. The lowest BCUT2D eigenvalue weighted by atomic mass is 9.95. The maximum absolute atomic E-state index is 13.2. The van der Waals surface area contributed by atoms with E-state index in [2.05, 4.69) is 10.2 Å². The highest BCUT2D eigenvalue weighted by Crippen LogP contribution is 2.31. The minimum atomic E-state index is -0.479. The molecule has 4 rings (SSSR count). The van der Waals surface area contributed by atoms with Gasteiger partial charge in [0.1, 0.15) is 0 Å². The predicted octanol–water partition coefficient (Wildman–Crippen LogP) is 2.04. The number of hydrogen-bond acceptors (Lipinski definition) is 6. The second-order valence-electron chi connectivity index (χ2n) is 9.75. The maximum atomic E-state index is 13.2. The van der Waals surface area contributed by atoms with Crippen LogP contribution in [0.4, 0.5) is 5.69 Å². The first-order chi connectivity index (χ1) is 16.9. The number of nitrogens with one attached hydrogen (secondary N) is 1. The summed E-state index contributed by atoms with van der Waals surface area (Å²) in [5.41, 5.74) is 0.398. The zero-order valence-electron chi connectivity index (χ0n) is 20.2. The van der Waals surface area contributed by atoms with Crippen molar-refractivity contribution in [1.82, 2.24) is 20.0 Å². The summed E-state index contributed by atoms with van der Waals surface area (Å²) in [7, 11) is 0. The van der Waals surface area contributed by atoms with E-state index in [1.165, 1.54) is 24.3 Å². The van der Waals surface area contributed by atoms with Gasteiger partial charge in [-0.1, -0.05) is 12.8 Å². The van der Waals surface area contributed by atoms with Gasteiger partial charge in [0.25, 0.3) is 11.6 Å². The van der Waals surface area contributed by atoms with Gasteiger partial charge in [-0.15, -0.1) is 0 Å². The molecule has 2 saturated heterocycles. The highest BCUT2D eigenvalue weighted by Gasteiger charge is 2.37. The summed E-state index contributed by atoms with van der Waals surface area (Å²) < 4.78 is 0. The highest BCUT2D eigenvalue weighted by molar-refractivity contribution is 5.94. The lowest BCUT2D eigenvalue weighted by Crippen LogP contribution is -2.58. The number of carbonyl (C=O) groups is 3. The van der Waals surface area contributed by atoms with Crippen LogP contribution in [0, 0.1) is 16.0 Å². The molecule has 1 N–H and O–H groups in total. The van der Waals surface area contributed by atoms with Crippen molar-refractivity contribution in [3.05, 3.63) is 39.9 Å². The van der Waals surface area contributed by atoms with Crippen LogP contribution >= 0.6 is 0 Å². The van der Waals surface area contributed by atoms with E-state index in [-0.39, 0.29) is 29.5 Å². The molecule has 0 spiro atoms. The third kappa shape index (κ3) is 6.17. The Labute approximate surface area is 205 Å². The van der Waals surface area contributed by atoms with Gasteiger partial charge in [0, 0.05) is 69.9 Å². The van der Waals surface area contributed by atoms with Crippen molar-refractivity contribution < 1.29 is 19.3 Å². The number of hydrogen-bond donors (Lipinski definition) is 1. The molecule has 0 aromatic heterocycles. The second kappa shape index (κ2) is 11.6. The Hall–Kier alpha value is -3.01. The molecule has 3 amide bonds. The Bertz CT molecular complexity index is 923. The summed E-state index contributed by atoms with van der Waals surface area (Å²) in [5, 5.41) is 14.0. The van der Waals surface area contributed by atoms with Crippen LogP contribution in [-0.2, 0) is 9.59 Å². The summed E-state index contributed by atoms with van der Waals surface area (Å²) in [6, 6.07) is 5.50. The van der Waals surface area contributed by atoms with Crippen LogP contribution in [0.3, 0.4) is 0 Å². The van der Waals surface area contributed by atoms with E-state index in [1.54, 1.807) is 4.90 Å². The minimum Gasteiger partial charge on any atom is -0.355 e. The largest absolute Gasteiger partial charge is 0.355 e. The van der Waals surface area contributed by atoms with Gasteiger partial charge < -0.3 is 15.1 Å². The zero-order chi connectivity index (χ0) is 24.8. The van der Waals surface area contributed by atoms with Crippen LogP contribution in [0.15, 0.2) is 24.3 Å². The average molecular weight is 486 g/mol. The summed E-state index contributed by atoms with van der Waals surface area (Å²) >= 11 is 0. The van der Waals surface area contributed by atoms with Crippen LogP contribution in [0.5, 0.6) is 0 Å². The van der Waals surface area contributed by atoms with E-state index >= 15 is 0 Å². The normalized spacial score (nSPS) is 20.3. The molecule has 1 atom stereocenters. The molecule has 1 aromatic rings. The molecule has 0 unspecified atom stereocenters. The Kier molecular flexibility index (Phi) is 8.33. The van der Waals surface area contributed by atoms with Gasteiger partial charge in [-0.3, -0.25) is 29.4 Å². The molecule has 1 aliphatic carbocycles. The van der Waals surface area contributed by atoms with Gasteiger partial charge in [0.2, 0.25) is 11.8 Å². The van der Waals surface area contributed by atoms with Crippen LogP contribution in [0.1, 0.15) is 55.3 Å². The Morgan fingerprint density at radius 3 is 2.31 bits per heavy atom. The summed E-state index contributed by atoms with van der Waals surface area (Å²) in [6.07, 6.45) is 6.69. The van der Waals surface area contributed by atoms with E-state index in [1.807, 2.05) is 4.90 Å². The van der Waals surface area contributed by atoms with E-state index in [4.69, 9.17) is 0 Å². The first-order valence-corrected chi connectivity index (χ1v) is 12.8. The number of nitro groups is 1. The van der Waals surface area contributed by atoms with Crippen molar-refractivity contribution in [3.63, 3.8) is 0 Å². The fourth-order valence-electron chi connectivity index (χ4n) is 5.59. The van der Waals surface area contributed by atoms with Crippen LogP contribution in [0.25, 0.3) is 0 Å². The Morgan fingerprint density at radius 2 is 1.71 bits per heavy atom. The van der Waals surface area contributed by atoms with Crippen LogP contribution < -0.4 is 5.32 Å². The van der Waals surface area contributed by atoms with E-state index in [9.17, 15) is 24.5 Å². The molecular formula is C25H35N5O5. The molecule has 2 aliphatic heterocycles. The Morgan fingerprint density at radius 1 is 1.03 bits per heavy atom. The van der Waals surface area contributed by atoms with Gasteiger partial charge in [0.05, 0.1) is 11.0 Å². The highest BCUT2D eigenvalue weighted by atomic mass is 16.6. The lowest BCUT2D eigenvalue weighted by Gasteiger charge is -2.40. The predicted molar refractivity (Wildman–Crippen MR) is 130 cm³/mol. The van der Waals surface area contributed by atoms with Crippen molar-refractivity contribution in [2.24, 2.45) is 5.92 Å². The van der Waals surface area contributed by atoms with Crippen molar-refractivity contribution in [2.75, 3.05) is 45.8 Å². The summed E-state index contributed by atoms with van der Waals surface area (Å²) in [5.74, 6) is 0.450. The molecule has 1 saturated carbocycles. The van der Waals surface area contributed by atoms with Gasteiger partial charge in [-0.05, 0) is 43.7 Å². The third-order valence-corrected chi connectivity index (χ3v) is 7.51. The molecule has 10 heteroatoms. The van der Waals surface area contributed by atoms with Crippen molar-refractivity contribution in [2.45, 2.75) is 51.0 Å². The first kappa shape index (κ1) is 25.1. The SMILES string of the molecule is O=C(NCCCN1CCCC1=O)[C@@H](C1CCCC1)N1CCN(C(=O)c2ccc([N+](=O)[O-])cc2)CC1. The monoisotopic (exact) mass is 485 g/mol. The number of non-ortho nitro benzene ring substituents is 1. The molecule has 2 heterocycles. The molecular weight excluding hydrogens is 450 g/mol. The fourth-order valence-corrected chi connectivity index (χ4v) is 5.59. The average Bonchev–Trinajstić information content (AvgIpc) is 3.54. The molecule has 0 radical (unpaired) electrons. The number of nitrogens with zero attached hydrogens (tertiary/aromatic N) is 4. The van der Waals surface area contributed by atoms with Crippen molar-refractivity contribution in [3.8, 4) is 0 Å². The lowest BCUT2D eigenvalue weighted by molar-refractivity contribution is -0.384.